The van der Waals surface area contributed by atoms with Gasteiger partial charge in [-0.15, -0.1) is 16.8 Å². The summed E-state index contributed by atoms with van der Waals surface area (Å²) in [5, 5.41) is 20.8. The first-order valence-electron chi connectivity index (χ1n) is 4.98. The highest BCUT2D eigenvalue weighted by atomic mass is 15.6. The first-order chi connectivity index (χ1) is 7.46. The maximum atomic E-state index is 9.03. The van der Waals surface area contributed by atoms with Gasteiger partial charge in [0.25, 0.3) is 0 Å². The lowest BCUT2D eigenvalue weighted by Crippen LogP contribution is -2.02. The molecule has 1 aromatic rings. The number of hydrogen-bond donors (Lipinski definition) is 0. The van der Waals surface area contributed by atoms with Crippen LogP contribution in [0.4, 0.5) is 0 Å². The van der Waals surface area contributed by atoms with Crippen LogP contribution in [0.1, 0.15) is 26.6 Å². The van der Waals surface area contributed by atoms with E-state index in [2.05, 4.69) is 28.1 Å². The van der Waals surface area contributed by atoms with Gasteiger partial charge < -0.3 is 0 Å². The Hall–Kier alpha value is -1.96. The number of hydrogen-bond acceptors (Lipinski definition) is 4. The van der Waals surface area contributed by atoms with Crippen molar-refractivity contribution < 1.29 is 0 Å². The fraction of sp³-hybridized carbons (Fsp3) is 0.455. The molecular weight excluding hydrogens is 202 g/mol. The van der Waals surface area contributed by atoms with Crippen molar-refractivity contribution in [2.75, 3.05) is 0 Å². The van der Waals surface area contributed by atoms with Crippen molar-refractivity contribution in [3.05, 3.63) is 24.6 Å². The Kier molecular flexibility index (Phi) is 3.56. The van der Waals surface area contributed by atoms with E-state index >= 15 is 0 Å². The van der Waals surface area contributed by atoms with Crippen molar-refractivity contribution >= 4 is 5.57 Å². The maximum Gasteiger partial charge on any atom is 0.215 e. The maximum absolute atomic E-state index is 9.03. The standard InChI is InChI=1S/C11H15N5/c1-5-6-16-14-10(13-15-16)9(8-12)7-11(2,3)4/h5,7H,1,6H2,2-4H3/b9-7+. The van der Waals surface area contributed by atoms with E-state index in [0.29, 0.717) is 17.9 Å². The minimum absolute atomic E-state index is 0.0883. The highest BCUT2D eigenvalue weighted by Crippen LogP contribution is 2.20. The third-order valence-electron chi connectivity index (χ3n) is 1.68. The van der Waals surface area contributed by atoms with Gasteiger partial charge in [-0.1, -0.05) is 32.9 Å². The summed E-state index contributed by atoms with van der Waals surface area (Å²) in [5.41, 5.74) is 0.359. The van der Waals surface area contributed by atoms with Crippen molar-refractivity contribution in [3.8, 4) is 6.07 Å². The lowest BCUT2D eigenvalue weighted by Gasteiger charge is -2.11. The molecule has 84 valence electrons. The molecule has 0 aromatic carbocycles. The molecule has 0 fully saturated rings. The van der Waals surface area contributed by atoms with Crippen LogP contribution >= 0.6 is 0 Å². The van der Waals surface area contributed by atoms with Crippen molar-refractivity contribution in [2.24, 2.45) is 5.41 Å². The molecule has 1 rings (SSSR count). The fourth-order valence-electron chi connectivity index (χ4n) is 1.12. The predicted molar refractivity (Wildman–Crippen MR) is 61.1 cm³/mol. The minimum atomic E-state index is -0.0883. The highest BCUT2D eigenvalue weighted by Gasteiger charge is 2.13. The van der Waals surface area contributed by atoms with Gasteiger partial charge in [0.1, 0.15) is 6.07 Å². The summed E-state index contributed by atoms with van der Waals surface area (Å²) in [5.74, 6) is 0.360. The van der Waals surface area contributed by atoms with Crippen LogP contribution in [0, 0.1) is 16.7 Å². The zero-order valence-electron chi connectivity index (χ0n) is 9.80. The molecule has 5 heteroatoms. The average molecular weight is 217 g/mol. The predicted octanol–water partition coefficient (Wildman–Crippen LogP) is 1.81. The monoisotopic (exact) mass is 217 g/mol. The van der Waals surface area contributed by atoms with Crippen molar-refractivity contribution in [1.29, 1.82) is 5.26 Å². The number of tetrazole rings is 1. The zero-order valence-corrected chi connectivity index (χ0v) is 9.80. The fourth-order valence-corrected chi connectivity index (χ4v) is 1.12. The summed E-state index contributed by atoms with van der Waals surface area (Å²) in [6.07, 6.45) is 3.51. The van der Waals surface area contributed by atoms with Crippen LogP contribution in [-0.4, -0.2) is 20.2 Å². The van der Waals surface area contributed by atoms with Gasteiger partial charge >= 0.3 is 0 Å². The topological polar surface area (TPSA) is 67.4 Å². The molecule has 0 aliphatic carbocycles. The molecular formula is C11H15N5. The van der Waals surface area contributed by atoms with Crippen LogP contribution in [-0.2, 0) is 6.54 Å². The Morgan fingerprint density at radius 1 is 1.56 bits per heavy atom. The van der Waals surface area contributed by atoms with Crippen LogP contribution in [0.2, 0.25) is 0 Å². The van der Waals surface area contributed by atoms with E-state index in [4.69, 9.17) is 5.26 Å². The molecule has 0 saturated carbocycles. The molecule has 0 radical (unpaired) electrons. The first-order valence-corrected chi connectivity index (χ1v) is 4.98. The van der Waals surface area contributed by atoms with E-state index in [9.17, 15) is 0 Å². The Bertz CT molecular complexity index is 442. The van der Waals surface area contributed by atoms with E-state index < -0.39 is 0 Å². The van der Waals surface area contributed by atoms with Crippen molar-refractivity contribution in [1.82, 2.24) is 20.2 Å². The average Bonchev–Trinajstić information content (AvgIpc) is 2.62. The third-order valence-corrected chi connectivity index (χ3v) is 1.68. The highest BCUT2D eigenvalue weighted by molar-refractivity contribution is 5.72. The van der Waals surface area contributed by atoms with Gasteiger partial charge in [-0.25, -0.2) is 0 Å². The van der Waals surface area contributed by atoms with E-state index in [1.807, 2.05) is 26.8 Å². The Morgan fingerprint density at radius 2 is 2.25 bits per heavy atom. The molecule has 0 bridgehead atoms. The quantitative estimate of drug-likeness (QED) is 0.572. The second-order valence-corrected chi connectivity index (χ2v) is 4.49. The van der Waals surface area contributed by atoms with Crippen LogP contribution in [0.25, 0.3) is 5.57 Å². The first kappa shape index (κ1) is 12.1. The molecule has 0 aliphatic heterocycles. The Labute approximate surface area is 95.1 Å². The van der Waals surface area contributed by atoms with E-state index in [0.717, 1.165) is 0 Å². The number of nitrogens with zero attached hydrogens (tertiary/aromatic N) is 5. The lowest BCUT2D eigenvalue weighted by atomic mass is 9.93. The molecule has 0 unspecified atom stereocenters. The molecule has 1 aromatic heterocycles. The number of rotatable bonds is 3. The summed E-state index contributed by atoms with van der Waals surface area (Å²) in [4.78, 5) is 1.40. The number of nitriles is 1. The van der Waals surface area contributed by atoms with Gasteiger partial charge in [-0.05, 0) is 10.6 Å². The molecule has 0 amide bonds. The summed E-state index contributed by atoms with van der Waals surface area (Å²) in [7, 11) is 0. The SMILES string of the molecule is C=CCn1nnc(/C(C#N)=C/C(C)(C)C)n1. The van der Waals surface area contributed by atoms with Gasteiger partial charge in [0.2, 0.25) is 5.82 Å². The second-order valence-electron chi connectivity index (χ2n) is 4.49. The summed E-state index contributed by atoms with van der Waals surface area (Å²) in [6.45, 7) is 10.1. The van der Waals surface area contributed by atoms with Crippen molar-refractivity contribution in [3.63, 3.8) is 0 Å². The van der Waals surface area contributed by atoms with Gasteiger partial charge in [0, 0.05) is 0 Å². The van der Waals surface area contributed by atoms with E-state index in [1.165, 1.54) is 4.80 Å². The van der Waals surface area contributed by atoms with Crippen molar-refractivity contribution in [2.45, 2.75) is 27.3 Å². The molecule has 0 saturated heterocycles. The second kappa shape index (κ2) is 4.71. The van der Waals surface area contributed by atoms with Crippen LogP contribution < -0.4 is 0 Å². The molecule has 1 heterocycles. The summed E-state index contributed by atoms with van der Waals surface area (Å²) in [6, 6.07) is 2.09. The lowest BCUT2D eigenvalue weighted by molar-refractivity contribution is 0.545. The van der Waals surface area contributed by atoms with E-state index in [-0.39, 0.29) is 5.41 Å². The summed E-state index contributed by atoms with van der Waals surface area (Å²) >= 11 is 0. The third kappa shape index (κ3) is 3.31. The molecule has 0 aliphatic rings. The van der Waals surface area contributed by atoms with Crippen LogP contribution in [0.3, 0.4) is 0 Å². The molecule has 0 spiro atoms. The number of allylic oxidation sites excluding steroid dienone is 3. The Balaban J connectivity index is 3.01. The van der Waals surface area contributed by atoms with Gasteiger partial charge in [-0.2, -0.15) is 10.1 Å². The zero-order chi connectivity index (χ0) is 12.2. The van der Waals surface area contributed by atoms with Gasteiger partial charge in [-0.3, -0.25) is 0 Å². The normalized spacial score (nSPS) is 12.2. The largest absolute Gasteiger partial charge is 0.215 e. The van der Waals surface area contributed by atoms with E-state index in [1.54, 1.807) is 6.08 Å². The van der Waals surface area contributed by atoms with Gasteiger partial charge in [0.15, 0.2) is 0 Å². The number of aromatic nitrogens is 4. The molecule has 5 nitrogen and oxygen atoms in total. The van der Waals surface area contributed by atoms with Crippen LogP contribution in [0.5, 0.6) is 0 Å². The minimum Gasteiger partial charge on any atom is -0.192 e. The molecule has 0 atom stereocenters. The van der Waals surface area contributed by atoms with Crippen LogP contribution in [0.15, 0.2) is 18.7 Å². The Morgan fingerprint density at radius 3 is 2.75 bits per heavy atom. The molecule has 0 N–H and O–H groups in total. The smallest absolute Gasteiger partial charge is 0.192 e. The summed E-state index contributed by atoms with van der Waals surface area (Å²) < 4.78 is 0. The van der Waals surface area contributed by atoms with Gasteiger partial charge in [0.05, 0.1) is 12.1 Å². The molecule has 16 heavy (non-hydrogen) atoms.